The smallest absolute Gasteiger partial charge is 0.273 e. The van der Waals surface area contributed by atoms with Gasteiger partial charge in [-0.1, -0.05) is 43.9 Å². The van der Waals surface area contributed by atoms with E-state index in [0.717, 1.165) is 24.8 Å². The van der Waals surface area contributed by atoms with E-state index in [1.165, 1.54) is 12.5 Å². The van der Waals surface area contributed by atoms with Crippen molar-refractivity contribution >= 4 is 17.5 Å². The van der Waals surface area contributed by atoms with Crippen molar-refractivity contribution in [2.75, 3.05) is 13.7 Å². The SMILES string of the molecule is CCCCCCOc1ccc(C2c3c(-c4cc(Cl)ccc4O)n[nH]c3C(=O)N2Cc2ccco2)cc1OC. The highest BCUT2D eigenvalue weighted by atomic mass is 35.5. The van der Waals surface area contributed by atoms with Crippen LogP contribution in [-0.4, -0.2) is 39.8 Å². The second-order valence-electron chi connectivity index (χ2n) is 9.26. The average molecular weight is 536 g/mol. The van der Waals surface area contributed by atoms with Crippen molar-refractivity contribution < 1.29 is 23.8 Å². The number of furan rings is 1. The summed E-state index contributed by atoms with van der Waals surface area (Å²) in [5, 5.41) is 18.4. The first-order valence-electron chi connectivity index (χ1n) is 12.7. The fraction of sp³-hybridized carbons (Fsp3) is 0.310. The van der Waals surface area contributed by atoms with Gasteiger partial charge in [-0.05, 0) is 54.4 Å². The molecule has 3 heterocycles. The molecule has 2 N–H and O–H groups in total. The molecule has 1 aliphatic rings. The van der Waals surface area contributed by atoms with Gasteiger partial charge in [0.1, 0.15) is 22.9 Å². The summed E-state index contributed by atoms with van der Waals surface area (Å²) in [4.78, 5) is 15.3. The lowest BCUT2D eigenvalue weighted by Crippen LogP contribution is -2.29. The highest BCUT2D eigenvalue weighted by Crippen LogP contribution is 2.46. The molecule has 1 atom stereocenters. The van der Waals surface area contributed by atoms with Crippen LogP contribution in [0.3, 0.4) is 0 Å². The molecule has 2 aromatic heterocycles. The van der Waals surface area contributed by atoms with Crippen LogP contribution >= 0.6 is 11.6 Å². The first kappa shape index (κ1) is 25.7. The van der Waals surface area contributed by atoms with E-state index < -0.39 is 6.04 Å². The van der Waals surface area contributed by atoms with Crippen LogP contribution in [0.1, 0.15) is 66.0 Å². The lowest BCUT2D eigenvalue weighted by Gasteiger charge is -2.26. The number of unbranched alkanes of at least 4 members (excludes halogenated alkanes) is 3. The van der Waals surface area contributed by atoms with Gasteiger partial charge in [-0.3, -0.25) is 9.89 Å². The Bertz CT molecular complexity index is 1420. The van der Waals surface area contributed by atoms with Gasteiger partial charge in [0.2, 0.25) is 0 Å². The van der Waals surface area contributed by atoms with Crippen LogP contribution in [0, 0.1) is 0 Å². The van der Waals surface area contributed by atoms with E-state index in [0.29, 0.717) is 51.4 Å². The van der Waals surface area contributed by atoms with E-state index in [4.69, 9.17) is 25.5 Å². The number of nitrogens with zero attached hydrogens (tertiary/aromatic N) is 2. The van der Waals surface area contributed by atoms with E-state index in [-0.39, 0.29) is 18.2 Å². The maximum absolute atomic E-state index is 13.6. The second kappa shape index (κ2) is 11.2. The molecule has 0 spiro atoms. The number of H-pyrrole nitrogens is 1. The number of ether oxygens (including phenoxy) is 2. The third kappa shape index (κ3) is 4.96. The number of hydrogen-bond donors (Lipinski definition) is 2. The number of halogens is 1. The molecule has 0 saturated heterocycles. The molecular formula is C29H30ClN3O5. The summed E-state index contributed by atoms with van der Waals surface area (Å²) in [5.74, 6) is 1.66. The molecule has 0 saturated carbocycles. The Morgan fingerprint density at radius 1 is 1.13 bits per heavy atom. The normalized spacial score (nSPS) is 14.7. The van der Waals surface area contributed by atoms with Gasteiger partial charge >= 0.3 is 0 Å². The fourth-order valence-corrected chi connectivity index (χ4v) is 5.04. The number of phenolic OH excluding ortho intramolecular Hbond substituents is 1. The Morgan fingerprint density at radius 3 is 2.76 bits per heavy atom. The van der Waals surface area contributed by atoms with Crippen molar-refractivity contribution in [2.24, 2.45) is 0 Å². The van der Waals surface area contributed by atoms with Crippen molar-refractivity contribution in [3.05, 3.63) is 82.4 Å². The summed E-state index contributed by atoms with van der Waals surface area (Å²) in [5.41, 5.74) is 2.70. The minimum Gasteiger partial charge on any atom is -0.507 e. The third-order valence-corrected chi connectivity index (χ3v) is 6.98. The summed E-state index contributed by atoms with van der Waals surface area (Å²) >= 11 is 6.25. The highest BCUT2D eigenvalue weighted by Gasteiger charge is 2.43. The van der Waals surface area contributed by atoms with Crippen LogP contribution in [0.15, 0.2) is 59.2 Å². The second-order valence-corrected chi connectivity index (χ2v) is 9.69. The number of rotatable bonds is 11. The maximum atomic E-state index is 13.6. The lowest BCUT2D eigenvalue weighted by molar-refractivity contribution is 0.0716. The monoisotopic (exact) mass is 535 g/mol. The first-order chi connectivity index (χ1) is 18.5. The molecule has 9 heteroatoms. The van der Waals surface area contributed by atoms with E-state index >= 15 is 0 Å². The number of aromatic amines is 1. The number of carbonyl (C=O) groups excluding carboxylic acids is 1. The molecule has 1 amide bonds. The van der Waals surface area contributed by atoms with Crippen LogP contribution in [0.25, 0.3) is 11.3 Å². The van der Waals surface area contributed by atoms with Crippen molar-refractivity contribution in [3.63, 3.8) is 0 Å². The molecule has 0 bridgehead atoms. The van der Waals surface area contributed by atoms with Crippen molar-refractivity contribution in [1.29, 1.82) is 0 Å². The summed E-state index contributed by atoms with van der Waals surface area (Å²) in [6.07, 6.45) is 6.01. The number of carbonyl (C=O) groups is 1. The molecule has 8 nitrogen and oxygen atoms in total. The quantitative estimate of drug-likeness (QED) is 0.206. The van der Waals surface area contributed by atoms with E-state index in [9.17, 15) is 9.90 Å². The molecule has 0 radical (unpaired) electrons. The number of phenols is 1. The van der Waals surface area contributed by atoms with Gasteiger partial charge in [0, 0.05) is 16.1 Å². The highest BCUT2D eigenvalue weighted by molar-refractivity contribution is 6.31. The number of aromatic nitrogens is 2. The number of methoxy groups -OCH3 is 1. The Balaban J connectivity index is 1.55. The minimum absolute atomic E-state index is 0.0174. The molecule has 0 fully saturated rings. The summed E-state index contributed by atoms with van der Waals surface area (Å²) < 4.78 is 17.3. The Kier molecular flexibility index (Phi) is 7.60. The summed E-state index contributed by atoms with van der Waals surface area (Å²) in [6.45, 7) is 3.03. The predicted molar refractivity (Wildman–Crippen MR) is 144 cm³/mol. The maximum Gasteiger partial charge on any atom is 0.273 e. The van der Waals surface area contributed by atoms with Gasteiger partial charge in [-0.15, -0.1) is 0 Å². The minimum atomic E-state index is -0.526. The summed E-state index contributed by atoms with van der Waals surface area (Å²) in [6, 6.07) is 13.5. The van der Waals surface area contributed by atoms with Crippen molar-refractivity contribution in [3.8, 4) is 28.5 Å². The zero-order valence-corrected chi connectivity index (χ0v) is 22.1. The van der Waals surface area contributed by atoms with Crippen LogP contribution in [0.4, 0.5) is 0 Å². The van der Waals surface area contributed by atoms with Gasteiger partial charge in [-0.25, -0.2) is 0 Å². The Hall–Kier alpha value is -3.91. The molecule has 5 rings (SSSR count). The third-order valence-electron chi connectivity index (χ3n) is 6.74. The van der Waals surface area contributed by atoms with Crippen LogP contribution in [0.2, 0.25) is 5.02 Å². The molecule has 4 aromatic rings. The molecule has 1 unspecified atom stereocenters. The van der Waals surface area contributed by atoms with Crippen molar-refractivity contribution in [1.82, 2.24) is 15.1 Å². The van der Waals surface area contributed by atoms with Crippen LogP contribution in [-0.2, 0) is 6.54 Å². The number of nitrogens with one attached hydrogen (secondary N) is 1. The molecule has 38 heavy (non-hydrogen) atoms. The van der Waals surface area contributed by atoms with Crippen LogP contribution < -0.4 is 9.47 Å². The molecule has 0 aliphatic carbocycles. The summed E-state index contributed by atoms with van der Waals surface area (Å²) in [7, 11) is 1.60. The van der Waals surface area contributed by atoms with E-state index in [2.05, 4.69) is 17.1 Å². The van der Waals surface area contributed by atoms with Crippen molar-refractivity contribution in [2.45, 2.75) is 45.2 Å². The standard InChI is InChI=1S/C29H30ClN3O5/c1-3-4-5-6-13-38-23-12-9-18(15-24(23)36-2)28-25-26(21-16-19(30)10-11-22(21)34)31-32-27(25)29(35)33(28)17-20-8-7-14-37-20/h7-12,14-16,28,34H,3-6,13,17H2,1-2H3,(H,31,32). The van der Waals surface area contributed by atoms with E-state index in [1.807, 2.05) is 24.3 Å². The number of amides is 1. The molecule has 2 aromatic carbocycles. The Labute approximate surface area is 226 Å². The van der Waals surface area contributed by atoms with Crippen LogP contribution in [0.5, 0.6) is 17.2 Å². The van der Waals surface area contributed by atoms with Gasteiger partial charge in [0.05, 0.1) is 32.6 Å². The first-order valence-corrected chi connectivity index (χ1v) is 13.1. The fourth-order valence-electron chi connectivity index (χ4n) is 4.86. The predicted octanol–water partition coefficient (Wildman–Crippen LogP) is 6.74. The number of aromatic hydroxyl groups is 1. The lowest BCUT2D eigenvalue weighted by atomic mass is 9.95. The molecule has 198 valence electrons. The van der Waals surface area contributed by atoms with Gasteiger partial charge in [0.15, 0.2) is 11.5 Å². The number of hydrogen-bond acceptors (Lipinski definition) is 6. The number of benzene rings is 2. The van der Waals surface area contributed by atoms with Gasteiger partial charge in [0.25, 0.3) is 5.91 Å². The number of fused-ring (bicyclic) bond motifs is 1. The van der Waals surface area contributed by atoms with Gasteiger partial charge < -0.3 is 23.9 Å². The zero-order chi connectivity index (χ0) is 26.6. The topological polar surface area (TPSA) is 101 Å². The zero-order valence-electron chi connectivity index (χ0n) is 21.4. The van der Waals surface area contributed by atoms with Gasteiger partial charge in [-0.2, -0.15) is 5.10 Å². The molecule has 1 aliphatic heterocycles. The van der Waals surface area contributed by atoms with E-state index in [1.54, 1.807) is 36.5 Å². The molecular weight excluding hydrogens is 506 g/mol. The largest absolute Gasteiger partial charge is 0.507 e. The average Bonchev–Trinajstić information content (AvgIpc) is 3.65. The Morgan fingerprint density at radius 2 is 2.00 bits per heavy atom.